The molecule has 0 unspecified atom stereocenters. The van der Waals surface area contributed by atoms with Crippen LogP contribution in [0.3, 0.4) is 0 Å². The van der Waals surface area contributed by atoms with E-state index >= 15 is 0 Å². The van der Waals surface area contributed by atoms with Gasteiger partial charge >= 0.3 is 0 Å². The standard InChI is InChI=1S/C20H25NO4/c1-4-24-17-11-13-9-10-21-19(15(13)12-18(17)25-5-2)14-7-6-8-16(23-3)20(14)22/h6-8,11-12,19,21-22H,4-5,9-10H2,1-3H3/t19-/m0/s1. The molecule has 0 spiro atoms. The number of phenols is 1. The molecule has 0 bridgehead atoms. The number of nitrogens with one attached hydrogen (secondary N) is 1. The number of aromatic hydroxyl groups is 1. The van der Waals surface area contributed by atoms with Gasteiger partial charge in [0.05, 0.1) is 26.4 Å². The average molecular weight is 343 g/mol. The number of ether oxygens (including phenoxy) is 3. The Balaban J connectivity index is 2.08. The number of rotatable bonds is 6. The van der Waals surface area contributed by atoms with E-state index in [1.807, 2.05) is 32.0 Å². The van der Waals surface area contributed by atoms with Crippen molar-refractivity contribution in [3.63, 3.8) is 0 Å². The fourth-order valence-electron chi connectivity index (χ4n) is 3.32. The van der Waals surface area contributed by atoms with Crippen LogP contribution in [-0.4, -0.2) is 32.0 Å². The molecule has 2 N–H and O–H groups in total. The summed E-state index contributed by atoms with van der Waals surface area (Å²) in [7, 11) is 1.56. The Kier molecular flexibility index (Phi) is 5.34. The van der Waals surface area contributed by atoms with Crippen LogP contribution in [0.1, 0.15) is 36.6 Å². The van der Waals surface area contributed by atoms with Crippen molar-refractivity contribution in [2.24, 2.45) is 0 Å². The Hall–Kier alpha value is -2.40. The highest BCUT2D eigenvalue weighted by atomic mass is 16.5. The molecular weight excluding hydrogens is 318 g/mol. The van der Waals surface area contributed by atoms with Gasteiger partial charge in [-0.05, 0) is 49.6 Å². The lowest BCUT2D eigenvalue weighted by molar-refractivity contribution is 0.286. The molecule has 0 saturated carbocycles. The molecule has 0 fully saturated rings. The van der Waals surface area contributed by atoms with Crippen LogP contribution in [0.4, 0.5) is 0 Å². The molecule has 1 atom stereocenters. The Labute approximate surface area is 148 Å². The molecule has 1 aliphatic heterocycles. The van der Waals surface area contributed by atoms with Gasteiger partial charge in [-0.1, -0.05) is 12.1 Å². The first-order valence-corrected chi connectivity index (χ1v) is 8.71. The van der Waals surface area contributed by atoms with E-state index in [1.54, 1.807) is 13.2 Å². The van der Waals surface area contributed by atoms with Gasteiger partial charge in [-0.15, -0.1) is 0 Å². The van der Waals surface area contributed by atoms with Crippen molar-refractivity contribution in [3.05, 3.63) is 47.0 Å². The normalized spacial score (nSPS) is 16.2. The maximum Gasteiger partial charge on any atom is 0.162 e. The number of benzene rings is 2. The lowest BCUT2D eigenvalue weighted by Gasteiger charge is -2.29. The number of hydrogen-bond donors (Lipinski definition) is 2. The van der Waals surface area contributed by atoms with Crippen LogP contribution in [0, 0.1) is 0 Å². The molecule has 25 heavy (non-hydrogen) atoms. The van der Waals surface area contributed by atoms with Crippen molar-refractivity contribution in [1.29, 1.82) is 0 Å². The Bertz CT molecular complexity index is 745. The van der Waals surface area contributed by atoms with Crippen LogP contribution in [0.2, 0.25) is 0 Å². The Morgan fingerprint density at radius 1 is 1.04 bits per heavy atom. The number of phenolic OH excluding ortho intramolecular Hbond substituents is 1. The molecule has 2 aromatic rings. The van der Waals surface area contributed by atoms with Crippen LogP contribution in [0.5, 0.6) is 23.0 Å². The zero-order valence-electron chi connectivity index (χ0n) is 15.0. The maximum absolute atomic E-state index is 10.6. The van der Waals surface area contributed by atoms with Crippen LogP contribution < -0.4 is 19.5 Å². The van der Waals surface area contributed by atoms with E-state index in [1.165, 1.54) is 5.56 Å². The lowest BCUT2D eigenvalue weighted by atomic mass is 9.89. The maximum atomic E-state index is 10.6. The van der Waals surface area contributed by atoms with Gasteiger partial charge in [-0.3, -0.25) is 0 Å². The first kappa shape index (κ1) is 17.4. The lowest BCUT2D eigenvalue weighted by Crippen LogP contribution is -2.30. The van der Waals surface area contributed by atoms with Crippen molar-refractivity contribution in [2.75, 3.05) is 26.9 Å². The van der Waals surface area contributed by atoms with Gasteiger partial charge in [0.1, 0.15) is 0 Å². The quantitative estimate of drug-likeness (QED) is 0.841. The van der Waals surface area contributed by atoms with Gasteiger partial charge in [0.15, 0.2) is 23.0 Å². The van der Waals surface area contributed by atoms with Gasteiger partial charge in [0.25, 0.3) is 0 Å². The molecule has 1 heterocycles. The molecule has 0 amide bonds. The summed E-state index contributed by atoms with van der Waals surface area (Å²) in [5, 5.41) is 14.0. The predicted octanol–water partition coefficient (Wildman–Crippen LogP) is 3.43. The van der Waals surface area contributed by atoms with E-state index < -0.39 is 0 Å². The SMILES string of the molecule is CCOc1cc2c(cc1OCC)[C@H](c1cccc(OC)c1O)NCC2. The number of para-hydroxylation sites is 1. The van der Waals surface area contributed by atoms with Crippen LogP contribution in [0.25, 0.3) is 0 Å². The zero-order valence-corrected chi connectivity index (χ0v) is 15.0. The summed E-state index contributed by atoms with van der Waals surface area (Å²) in [6.45, 7) is 5.92. The molecule has 3 rings (SSSR count). The smallest absolute Gasteiger partial charge is 0.162 e. The molecule has 0 aromatic heterocycles. The highest BCUT2D eigenvalue weighted by Crippen LogP contribution is 2.42. The topological polar surface area (TPSA) is 60.0 Å². The van der Waals surface area contributed by atoms with Crippen molar-refractivity contribution < 1.29 is 19.3 Å². The molecule has 5 heteroatoms. The van der Waals surface area contributed by atoms with Crippen molar-refractivity contribution in [1.82, 2.24) is 5.32 Å². The minimum atomic E-state index is -0.117. The number of methoxy groups -OCH3 is 1. The Morgan fingerprint density at radius 3 is 2.44 bits per heavy atom. The highest BCUT2D eigenvalue weighted by Gasteiger charge is 2.27. The monoisotopic (exact) mass is 343 g/mol. The number of fused-ring (bicyclic) bond motifs is 1. The first-order valence-electron chi connectivity index (χ1n) is 8.71. The first-order chi connectivity index (χ1) is 12.2. The van der Waals surface area contributed by atoms with E-state index in [4.69, 9.17) is 14.2 Å². The summed E-state index contributed by atoms with van der Waals surface area (Å²) in [6.07, 6.45) is 0.906. The third kappa shape index (κ3) is 3.37. The van der Waals surface area contributed by atoms with Crippen molar-refractivity contribution in [3.8, 4) is 23.0 Å². The molecule has 5 nitrogen and oxygen atoms in total. The fraction of sp³-hybridized carbons (Fsp3) is 0.400. The molecule has 0 radical (unpaired) electrons. The van der Waals surface area contributed by atoms with E-state index in [0.29, 0.717) is 19.0 Å². The van der Waals surface area contributed by atoms with E-state index in [-0.39, 0.29) is 11.8 Å². The van der Waals surface area contributed by atoms with Crippen molar-refractivity contribution in [2.45, 2.75) is 26.3 Å². The second-order valence-electron chi connectivity index (χ2n) is 5.90. The zero-order chi connectivity index (χ0) is 17.8. The summed E-state index contributed by atoms with van der Waals surface area (Å²) < 4.78 is 16.8. The minimum absolute atomic E-state index is 0.117. The molecule has 134 valence electrons. The van der Waals surface area contributed by atoms with E-state index in [9.17, 15) is 5.11 Å². The third-order valence-electron chi connectivity index (χ3n) is 4.42. The summed E-state index contributed by atoms with van der Waals surface area (Å²) in [5.41, 5.74) is 3.10. The van der Waals surface area contributed by atoms with Gasteiger partial charge in [0, 0.05) is 12.1 Å². The average Bonchev–Trinajstić information content (AvgIpc) is 2.62. The van der Waals surface area contributed by atoms with Crippen LogP contribution in [-0.2, 0) is 6.42 Å². The molecule has 0 saturated heterocycles. The van der Waals surface area contributed by atoms with E-state index in [0.717, 1.165) is 35.6 Å². The van der Waals surface area contributed by atoms with Gasteiger partial charge in [0.2, 0.25) is 0 Å². The van der Waals surface area contributed by atoms with Crippen molar-refractivity contribution >= 4 is 0 Å². The van der Waals surface area contributed by atoms with E-state index in [2.05, 4.69) is 11.4 Å². The summed E-state index contributed by atoms with van der Waals surface area (Å²) in [6, 6.07) is 9.54. The predicted molar refractivity (Wildman–Crippen MR) is 97.0 cm³/mol. The fourth-order valence-corrected chi connectivity index (χ4v) is 3.32. The largest absolute Gasteiger partial charge is 0.504 e. The summed E-state index contributed by atoms with van der Waals surface area (Å²) in [5.74, 6) is 2.15. The molecule has 2 aromatic carbocycles. The molecule has 0 aliphatic carbocycles. The van der Waals surface area contributed by atoms with Crippen LogP contribution >= 0.6 is 0 Å². The third-order valence-corrected chi connectivity index (χ3v) is 4.42. The van der Waals surface area contributed by atoms with Gasteiger partial charge in [-0.25, -0.2) is 0 Å². The summed E-state index contributed by atoms with van der Waals surface area (Å²) in [4.78, 5) is 0. The van der Waals surface area contributed by atoms with Gasteiger partial charge in [-0.2, -0.15) is 0 Å². The summed E-state index contributed by atoms with van der Waals surface area (Å²) >= 11 is 0. The second-order valence-corrected chi connectivity index (χ2v) is 5.90. The van der Waals surface area contributed by atoms with Crippen LogP contribution in [0.15, 0.2) is 30.3 Å². The molecule has 1 aliphatic rings. The molecular formula is C20H25NO4. The Morgan fingerprint density at radius 2 is 1.76 bits per heavy atom. The highest BCUT2D eigenvalue weighted by molar-refractivity contribution is 5.55. The number of hydrogen-bond acceptors (Lipinski definition) is 5. The van der Waals surface area contributed by atoms with Gasteiger partial charge < -0.3 is 24.6 Å². The minimum Gasteiger partial charge on any atom is -0.504 e. The second kappa shape index (κ2) is 7.66.